The molecule has 2 rings (SSSR count). The maximum atomic E-state index is 11.7. The molecule has 0 saturated heterocycles. The van der Waals surface area contributed by atoms with Crippen LogP contribution in [0.25, 0.3) is 0 Å². The number of nitrogens with one attached hydrogen (secondary N) is 2. The van der Waals surface area contributed by atoms with Gasteiger partial charge < -0.3 is 10.6 Å². The highest BCUT2D eigenvalue weighted by molar-refractivity contribution is 9.10. The first kappa shape index (κ1) is 14.1. The first-order valence-electron chi connectivity index (χ1n) is 5.79. The number of carbonyl (C=O) groups is 1. The number of nitrogens with zero attached hydrogens (tertiary/aromatic N) is 2. The predicted octanol–water partition coefficient (Wildman–Crippen LogP) is 2.55. The summed E-state index contributed by atoms with van der Waals surface area (Å²) in [6.07, 6.45) is 1.77. The van der Waals surface area contributed by atoms with E-state index in [4.69, 9.17) is 0 Å². The van der Waals surface area contributed by atoms with Gasteiger partial charge in [0, 0.05) is 34.2 Å². The van der Waals surface area contributed by atoms with Crippen LogP contribution < -0.4 is 10.6 Å². The summed E-state index contributed by atoms with van der Waals surface area (Å²) in [5.74, 6) is 0. The van der Waals surface area contributed by atoms with Crippen molar-refractivity contribution in [3.8, 4) is 0 Å². The predicted molar refractivity (Wildman–Crippen MR) is 79.0 cm³/mol. The van der Waals surface area contributed by atoms with Crippen LogP contribution in [0.15, 0.2) is 22.1 Å². The fourth-order valence-electron chi connectivity index (χ4n) is 1.57. The highest BCUT2D eigenvalue weighted by Gasteiger charge is 2.07. The Morgan fingerprint density at radius 3 is 2.79 bits per heavy atom. The molecular weight excluding hydrogens is 328 g/mol. The van der Waals surface area contributed by atoms with Gasteiger partial charge >= 0.3 is 6.03 Å². The summed E-state index contributed by atoms with van der Waals surface area (Å²) in [6, 6.07) is 1.79. The number of halogens is 1. The van der Waals surface area contributed by atoms with Crippen molar-refractivity contribution >= 4 is 33.3 Å². The number of rotatable bonds is 4. The lowest BCUT2D eigenvalue weighted by Crippen LogP contribution is -2.34. The minimum absolute atomic E-state index is 0.177. The highest BCUT2D eigenvalue weighted by Crippen LogP contribution is 2.21. The summed E-state index contributed by atoms with van der Waals surface area (Å²) in [5, 5.41) is 11.8. The van der Waals surface area contributed by atoms with Crippen LogP contribution in [-0.4, -0.2) is 15.8 Å². The van der Waals surface area contributed by atoms with Crippen LogP contribution in [0.1, 0.15) is 16.1 Å². The minimum atomic E-state index is -0.177. The maximum absolute atomic E-state index is 11.7. The van der Waals surface area contributed by atoms with Crippen LogP contribution in [-0.2, 0) is 20.1 Å². The van der Waals surface area contributed by atoms with Crippen molar-refractivity contribution in [2.24, 2.45) is 7.05 Å². The SMILES string of the molecule is Cc1c(CNC(=O)NCc2sccc2Br)cnn1C. The number of aromatic nitrogens is 2. The van der Waals surface area contributed by atoms with E-state index in [1.807, 2.05) is 25.4 Å². The Kier molecular flexibility index (Phi) is 4.60. The normalized spacial score (nSPS) is 10.5. The molecule has 2 heterocycles. The molecule has 0 atom stereocenters. The molecule has 7 heteroatoms. The van der Waals surface area contributed by atoms with Crippen molar-refractivity contribution in [3.63, 3.8) is 0 Å². The van der Waals surface area contributed by atoms with Gasteiger partial charge in [-0.25, -0.2) is 4.79 Å². The molecule has 2 aromatic rings. The molecule has 0 aliphatic rings. The lowest BCUT2D eigenvalue weighted by atomic mass is 10.2. The summed E-state index contributed by atoms with van der Waals surface area (Å²) >= 11 is 5.04. The molecule has 0 unspecified atom stereocenters. The summed E-state index contributed by atoms with van der Waals surface area (Å²) in [7, 11) is 1.88. The van der Waals surface area contributed by atoms with E-state index >= 15 is 0 Å². The van der Waals surface area contributed by atoms with Gasteiger partial charge in [0.25, 0.3) is 0 Å². The van der Waals surface area contributed by atoms with Crippen molar-refractivity contribution in [1.82, 2.24) is 20.4 Å². The maximum Gasteiger partial charge on any atom is 0.315 e. The van der Waals surface area contributed by atoms with Gasteiger partial charge in [0.05, 0.1) is 12.7 Å². The third kappa shape index (κ3) is 3.57. The first-order chi connectivity index (χ1) is 9.08. The van der Waals surface area contributed by atoms with E-state index in [-0.39, 0.29) is 6.03 Å². The summed E-state index contributed by atoms with van der Waals surface area (Å²) in [5.41, 5.74) is 2.08. The monoisotopic (exact) mass is 342 g/mol. The Morgan fingerprint density at radius 2 is 2.21 bits per heavy atom. The van der Waals surface area contributed by atoms with E-state index in [1.165, 1.54) is 0 Å². The van der Waals surface area contributed by atoms with Gasteiger partial charge in [-0.3, -0.25) is 4.68 Å². The summed E-state index contributed by atoms with van der Waals surface area (Å²) in [6.45, 7) is 2.98. The molecule has 0 bridgehead atoms. The van der Waals surface area contributed by atoms with Crippen LogP contribution in [0.4, 0.5) is 4.79 Å². The molecule has 0 fully saturated rings. The van der Waals surface area contributed by atoms with Gasteiger partial charge in [0.15, 0.2) is 0 Å². The van der Waals surface area contributed by atoms with E-state index in [9.17, 15) is 4.79 Å². The van der Waals surface area contributed by atoms with Crippen LogP contribution in [0, 0.1) is 6.92 Å². The van der Waals surface area contributed by atoms with Crippen LogP contribution in [0.3, 0.4) is 0 Å². The zero-order chi connectivity index (χ0) is 13.8. The molecule has 2 N–H and O–H groups in total. The third-order valence-electron chi connectivity index (χ3n) is 2.88. The van der Waals surface area contributed by atoms with E-state index in [2.05, 4.69) is 31.7 Å². The van der Waals surface area contributed by atoms with Gasteiger partial charge in [0.2, 0.25) is 0 Å². The number of hydrogen-bond donors (Lipinski definition) is 2. The number of thiophene rings is 1. The van der Waals surface area contributed by atoms with E-state index in [0.717, 1.165) is 20.6 Å². The van der Waals surface area contributed by atoms with E-state index in [0.29, 0.717) is 13.1 Å². The molecule has 0 spiro atoms. The van der Waals surface area contributed by atoms with Crippen molar-refractivity contribution in [2.75, 3.05) is 0 Å². The first-order valence-corrected chi connectivity index (χ1v) is 7.46. The van der Waals surface area contributed by atoms with Crippen molar-refractivity contribution in [3.05, 3.63) is 38.3 Å². The molecule has 0 aliphatic heterocycles. The van der Waals surface area contributed by atoms with Crippen molar-refractivity contribution in [2.45, 2.75) is 20.0 Å². The highest BCUT2D eigenvalue weighted by atomic mass is 79.9. The van der Waals surface area contributed by atoms with Crippen LogP contribution in [0.2, 0.25) is 0 Å². The lowest BCUT2D eigenvalue weighted by Gasteiger charge is -2.07. The second kappa shape index (κ2) is 6.21. The van der Waals surface area contributed by atoms with Crippen LogP contribution in [0.5, 0.6) is 0 Å². The average Bonchev–Trinajstić information content (AvgIpc) is 2.93. The second-order valence-corrected chi connectivity index (χ2v) is 5.96. The molecule has 0 saturated carbocycles. The van der Waals surface area contributed by atoms with Gasteiger partial charge in [-0.05, 0) is 34.3 Å². The Labute approximate surface area is 124 Å². The van der Waals surface area contributed by atoms with E-state index < -0.39 is 0 Å². The van der Waals surface area contributed by atoms with Gasteiger partial charge in [0.1, 0.15) is 0 Å². The number of amides is 2. The number of aryl methyl sites for hydroxylation is 1. The van der Waals surface area contributed by atoms with Gasteiger partial charge in [-0.1, -0.05) is 0 Å². The van der Waals surface area contributed by atoms with E-state index in [1.54, 1.807) is 22.2 Å². The van der Waals surface area contributed by atoms with Crippen molar-refractivity contribution < 1.29 is 4.79 Å². The Morgan fingerprint density at radius 1 is 1.47 bits per heavy atom. The smallest absolute Gasteiger partial charge is 0.315 e. The lowest BCUT2D eigenvalue weighted by molar-refractivity contribution is 0.240. The number of hydrogen-bond acceptors (Lipinski definition) is 3. The Hall–Kier alpha value is -1.34. The average molecular weight is 343 g/mol. The zero-order valence-corrected chi connectivity index (χ0v) is 13.1. The second-order valence-electron chi connectivity index (χ2n) is 4.11. The number of urea groups is 1. The van der Waals surface area contributed by atoms with Crippen LogP contribution >= 0.6 is 27.3 Å². The molecule has 0 aromatic carbocycles. The minimum Gasteiger partial charge on any atom is -0.334 e. The molecule has 0 aliphatic carbocycles. The number of carbonyl (C=O) groups excluding carboxylic acids is 1. The zero-order valence-electron chi connectivity index (χ0n) is 10.7. The van der Waals surface area contributed by atoms with Crippen molar-refractivity contribution in [1.29, 1.82) is 0 Å². The standard InChI is InChI=1S/C12H15BrN4OS/c1-8-9(6-16-17(8)2)5-14-12(18)15-7-11-10(13)3-4-19-11/h3-4,6H,5,7H2,1-2H3,(H2,14,15,18). The molecule has 19 heavy (non-hydrogen) atoms. The molecule has 2 amide bonds. The topological polar surface area (TPSA) is 59.0 Å². The Balaban J connectivity index is 1.79. The third-order valence-corrected chi connectivity index (χ3v) is 4.80. The van der Waals surface area contributed by atoms with Gasteiger partial charge in [-0.2, -0.15) is 5.10 Å². The fourth-order valence-corrected chi connectivity index (χ4v) is 3.00. The quantitative estimate of drug-likeness (QED) is 0.896. The fraction of sp³-hybridized carbons (Fsp3) is 0.333. The Bertz CT molecular complexity index is 578. The van der Waals surface area contributed by atoms with Gasteiger partial charge in [-0.15, -0.1) is 11.3 Å². The molecule has 5 nitrogen and oxygen atoms in total. The molecule has 0 radical (unpaired) electrons. The summed E-state index contributed by atoms with van der Waals surface area (Å²) in [4.78, 5) is 12.8. The largest absolute Gasteiger partial charge is 0.334 e. The molecule has 2 aromatic heterocycles. The summed E-state index contributed by atoms with van der Waals surface area (Å²) < 4.78 is 2.82. The molecular formula is C12H15BrN4OS. The molecule has 102 valence electrons.